The molecule has 2 amide bonds. The molecule has 0 aromatic heterocycles. The van der Waals surface area contributed by atoms with Crippen molar-refractivity contribution in [3.63, 3.8) is 0 Å². The van der Waals surface area contributed by atoms with E-state index in [1.54, 1.807) is 0 Å². The van der Waals surface area contributed by atoms with Gasteiger partial charge >= 0.3 is 0 Å². The molecule has 2 heterocycles. The molecule has 24 heavy (non-hydrogen) atoms. The van der Waals surface area contributed by atoms with E-state index in [4.69, 9.17) is 0 Å². The Labute approximate surface area is 148 Å². The van der Waals surface area contributed by atoms with Gasteiger partial charge in [0.05, 0.1) is 19.5 Å². The highest BCUT2D eigenvalue weighted by atomic mass is 79.9. The summed E-state index contributed by atoms with van der Waals surface area (Å²) >= 11 is 3.43. The van der Waals surface area contributed by atoms with Crippen LogP contribution in [-0.2, 0) is 24.3 Å². The van der Waals surface area contributed by atoms with E-state index in [0.717, 1.165) is 32.4 Å². The lowest BCUT2D eigenvalue weighted by molar-refractivity contribution is -0.128. The molecule has 2 aliphatic heterocycles. The van der Waals surface area contributed by atoms with Crippen LogP contribution < -0.4 is 0 Å². The minimum atomic E-state index is -0.224. The summed E-state index contributed by atoms with van der Waals surface area (Å²) in [6.45, 7) is 2.91. The van der Waals surface area contributed by atoms with E-state index in [0.29, 0.717) is 18.7 Å². The van der Waals surface area contributed by atoms with Crippen LogP contribution >= 0.6 is 15.9 Å². The van der Waals surface area contributed by atoms with E-state index in [1.807, 2.05) is 43.3 Å². The van der Waals surface area contributed by atoms with Crippen molar-refractivity contribution in [2.45, 2.75) is 26.4 Å². The normalized spacial score (nSPS) is 16.1. The zero-order valence-corrected chi connectivity index (χ0v) is 14.8. The summed E-state index contributed by atoms with van der Waals surface area (Å²) in [4.78, 5) is 31.1. The molecule has 0 bridgehead atoms. The zero-order valence-electron chi connectivity index (χ0n) is 13.2. The predicted molar refractivity (Wildman–Crippen MR) is 95.4 cm³/mol. The fourth-order valence-corrected chi connectivity index (χ4v) is 3.77. The maximum Gasteiger partial charge on any atom is 0.261 e. The van der Waals surface area contributed by atoms with Crippen LogP contribution in [0.3, 0.4) is 0 Å². The first-order chi connectivity index (χ1) is 11.5. The second kappa shape index (κ2) is 5.67. The average molecular weight is 383 g/mol. The monoisotopic (exact) mass is 382 g/mol. The Kier molecular flexibility index (Phi) is 3.61. The number of aliphatic imine (C=N–C) groups is 1. The van der Waals surface area contributed by atoms with Crippen molar-refractivity contribution in [3.8, 4) is 0 Å². The summed E-state index contributed by atoms with van der Waals surface area (Å²) in [6, 6.07) is 11.7. The number of nitrogens with zero attached hydrogens (tertiary/aromatic N) is 2. The van der Waals surface area contributed by atoms with Crippen LogP contribution in [0.2, 0.25) is 0 Å². The Hall–Kier alpha value is -2.27. The van der Waals surface area contributed by atoms with E-state index < -0.39 is 0 Å². The van der Waals surface area contributed by atoms with Crippen LogP contribution in [-0.4, -0.2) is 21.3 Å². The number of hydrogen-bond acceptors (Lipinski definition) is 3. The van der Waals surface area contributed by atoms with Crippen molar-refractivity contribution in [1.29, 1.82) is 0 Å². The lowest BCUT2D eigenvalue weighted by Gasteiger charge is -2.27. The average Bonchev–Trinajstić information content (AvgIpc) is 2.91. The predicted octanol–water partition coefficient (Wildman–Crippen LogP) is 3.38. The van der Waals surface area contributed by atoms with Gasteiger partial charge in [-0.15, -0.1) is 0 Å². The Balaban J connectivity index is 1.70. The third-order valence-electron chi connectivity index (χ3n) is 4.48. The van der Waals surface area contributed by atoms with Gasteiger partial charge in [-0.1, -0.05) is 35.9 Å². The molecule has 0 radical (unpaired) electrons. The van der Waals surface area contributed by atoms with Crippen molar-refractivity contribution in [2.75, 3.05) is 0 Å². The van der Waals surface area contributed by atoms with Crippen LogP contribution in [0, 0.1) is 6.92 Å². The highest BCUT2D eigenvalue weighted by Gasteiger charge is 2.32. The summed E-state index contributed by atoms with van der Waals surface area (Å²) in [5, 5.41) is 0. The lowest BCUT2D eigenvalue weighted by atomic mass is 9.93. The molecular weight excluding hydrogens is 368 g/mol. The second-order valence-electron chi connectivity index (χ2n) is 6.22. The van der Waals surface area contributed by atoms with Gasteiger partial charge in [-0.2, -0.15) is 0 Å². The van der Waals surface area contributed by atoms with Crippen molar-refractivity contribution in [3.05, 3.63) is 69.8 Å². The van der Waals surface area contributed by atoms with Gasteiger partial charge in [0.2, 0.25) is 5.91 Å². The highest BCUT2D eigenvalue weighted by Crippen LogP contribution is 2.30. The van der Waals surface area contributed by atoms with Crippen LogP contribution in [0.5, 0.6) is 0 Å². The van der Waals surface area contributed by atoms with Gasteiger partial charge in [-0.3, -0.25) is 19.5 Å². The number of rotatable bonds is 2. The summed E-state index contributed by atoms with van der Waals surface area (Å²) in [7, 11) is 0. The van der Waals surface area contributed by atoms with Crippen LogP contribution in [0.15, 0.2) is 41.4 Å². The van der Waals surface area contributed by atoms with Gasteiger partial charge in [0.1, 0.15) is 4.62 Å². The topological polar surface area (TPSA) is 49.7 Å². The fourth-order valence-electron chi connectivity index (χ4n) is 3.27. The first-order valence-electron chi connectivity index (χ1n) is 7.79. The van der Waals surface area contributed by atoms with Crippen molar-refractivity contribution < 1.29 is 9.59 Å². The van der Waals surface area contributed by atoms with Crippen molar-refractivity contribution in [1.82, 2.24) is 4.90 Å². The molecule has 5 heteroatoms. The first-order valence-corrected chi connectivity index (χ1v) is 8.58. The lowest BCUT2D eigenvalue weighted by Crippen LogP contribution is -2.41. The SMILES string of the molecule is Cc1cccc(CN2C(=O)Cc3cc4c(cc3C2=O)C(Br)=NC4)c1. The molecule has 0 spiro atoms. The Bertz CT molecular complexity index is 918. The molecule has 2 aromatic rings. The molecule has 0 saturated heterocycles. The van der Waals surface area contributed by atoms with Crippen LogP contribution in [0.1, 0.15) is 38.2 Å². The number of halogens is 1. The summed E-state index contributed by atoms with van der Waals surface area (Å²) in [5.41, 5.74) is 5.50. The number of amides is 2. The fraction of sp³-hybridized carbons (Fsp3) is 0.211. The molecule has 0 unspecified atom stereocenters. The number of hydrogen-bond donors (Lipinski definition) is 0. The van der Waals surface area contributed by atoms with E-state index in [9.17, 15) is 9.59 Å². The molecular formula is C19H15BrN2O2. The molecule has 2 aliphatic rings. The summed E-state index contributed by atoms with van der Waals surface area (Å²) < 4.78 is 0.773. The molecule has 2 aromatic carbocycles. The van der Waals surface area contributed by atoms with E-state index in [1.165, 1.54) is 4.90 Å². The molecule has 0 aliphatic carbocycles. The second-order valence-corrected chi connectivity index (χ2v) is 6.98. The minimum Gasteiger partial charge on any atom is -0.274 e. The summed E-state index contributed by atoms with van der Waals surface area (Å²) in [5.74, 6) is -0.371. The Morgan fingerprint density at radius 1 is 1.12 bits per heavy atom. The van der Waals surface area contributed by atoms with Gasteiger partial charge in [-0.25, -0.2) is 0 Å². The van der Waals surface area contributed by atoms with Gasteiger partial charge in [0, 0.05) is 11.1 Å². The largest absolute Gasteiger partial charge is 0.274 e. The number of imide groups is 1. The van der Waals surface area contributed by atoms with Crippen LogP contribution in [0.25, 0.3) is 0 Å². The Morgan fingerprint density at radius 3 is 2.75 bits per heavy atom. The maximum absolute atomic E-state index is 12.9. The van der Waals surface area contributed by atoms with E-state index >= 15 is 0 Å². The molecule has 0 fully saturated rings. The number of carbonyl (C=O) groups excluding carboxylic acids is 2. The molecule has 4 rings (SSSR count). The molecule has 0 saturated carbocycles. The number of aryl methyl sites for hydroxylation is 1. The third-order valence-corrected chi connectivity index (χ3v) is 5.16. The Morgan fingerprint density at radius 2 is 1.96 bits per heavy atom. The number of fused-ring (bicyclic) bond motifs is 2. The van der Waals surface area contributed by atoms with Crippen molar-refractivity contribution in [2.24, 2.45) is 4.99 Å². The maximum atomic E-state index is 12.9. The zero-order chi connectivity index (χ0) is 16.8. The first kappa shape index (κ1) is 15.3. The molecule has 0 N–H and O–H groups in total. The molecule has 0 atom stereocenters. The standard InChI is InChI=1S/C19H15BrN2O2/c1-11-3-2-4-12(5-11)10-22-17(23)7-13-6-14-9-21-18(20)15(14)8-16(13)19(22)24/h2-6,8H,7,9-10H2,1H3. The van der Waals surface area contributed by atoms with Gasteiger partial charge in [0.15, 0.2) is 0 Å². The number of benzene rings is 2. The third kappa shape index (κ3) is 2.49. The van der Waals surface area contributed by atoms with E-state index in [-0.39, 0.29) is 18.2 Å². The molecule has 120 valence electrons. The highest BCUT2D eigenvalue weighted by molar-refractivity contribution is 9.18. The molecule has 4 nitrogen and oxygen atoms in total. The minimum absolute atomic E-state index is 0.146. The van der Waals surface area contributed by atoms with Gasteiger partial charge < -0.3 is 0 Å². The van der Waals surface area contributed by atoms with Crippen molar-refractivity contribution >= 4 is 32.4 Å². The van der Waals surface area contributed by atoms with Crippen LogP contribution in [0.4, 0.5) is 0 Å². The smallest absolute Gasteiger partial charge is 0.261 e. The summed E-state index contributed by atoms with van der Waals surface area (Å²) in [6.07, 6.45) is 0.262. The quantitative estimate of drug-likeness (QED) is 0.747. The number of carbonyl (C=O) groups is 2. The van der Waals surface area contributed by atoms with Gasteiger partial charge in [0.25, 0.3) is 5.91 Å². The van der Waals surface area contributed by atoms with Gasteiger partial charge in [-0.05, 0) is 45.6 Å². The van der Waals surface area contributed by atoms with E-state index in [2.05, 4.69) is 20.9 Å².